The van der Waals surface area contributed by atoms with Crippen LogP contribution in [-0.4, -0.2) is 28.7 Å². The monoisotopic (exact) mass is 269 g/mol. The molecular formula is C11H12ClN3OS. The first-order valence-electron chi connectivity index (χ1n) is 5.53. The minimum absolute atomic E-state index is 0.206. The number of nitrogens with zero attached hydrogens (tertiary/aromatic N) is 2. The van der Waals surface area contributed by atoms with Gasteiger partial charge in [-0.05, 0) is 36.4 Å². The van der Waals surface area contributed by atoms with E-state index in [9.17, 15) is 0 Å². The molecule has 17 heavy (non-hydrogen) atoms. The van der Waals surface area contributed by atoms with Gasteiger partial charge in [0.2, 0.25) is 5.28 Å². The molecule has 2 aromatic heterocycles. The lowest BCUT2D eigenvalue weighted by Crippen LogP contribution is -2.27. The summed E-state index contributed by atoms with van der Waals surface area (Å²) in [5, 5.41) is 6.71. The number of nitrogens with one attached hydrogen (secondary N) is 1. The van der Waals surface area contributed by atoms with Gasteiger partial charge in [-0.1, -0.05) is 0 Å². The highest BCUT2D eigenvalue weighted by atomic mass is 35.5. The topological polar surface area (TPSA) is 47.0 Å². The van der Waals surface area contributed by atoms with E-state index in [-0.39, 0.29) is 11.4 Å². The Morgan fingerprint density at radius 1 is 1.53 bits per heavy atom. The van der Waals surface area contributed by atoms with Crippen molar-refractivity contribution in [3.63, 3.8) is 0 Å². The number of halogens is 1. The molecule has 6 heteroatoms. The third kappa shape index (κ3) is 2.10. The van der Waals surface area contributed by atoms with Crippen LogP contribution >= 0.6 is 22.9 Å². The standard InChI is InChI=1S/C11H12ClN3OS/c1-6-8(2-4-16-6)13-9-7-3-5-17-10(7)15-11(12)14-9/h3,5-6,8H,2,4H2,1H3,(H,13,14,15). The Morgan fingerprint density at radius 3 is 3.18 bits per heavy atom. The van der Waals surface area contributed by atoms with Crippen molar-refractivity contribution in [2.24, 2.45) is 0 Å². The fourth-order valence-corrected chi connectivity index (χ4v) is 3.02. The molecule has 1 aliphatic rings. The fourth-order valence-electron chi connectivity index (χ4n) is 2.04. The van der Waals surface area contributed by atoms with Gasteiger partial charge in [-0.3, -0.25) is 0 Å². The zero-order valence-electron chi connectivity index (χ0n) is 9.31. The molecule has 4 nitrogen and oxygen atoms in total. The van der Waals surface area contributed by atoms with Crippen LogP contribution in [0.15, 0.2) is 11.4 Å². The van der Waals surface area contributed by atoms with E-state index < -0.39 is 0 Å². The Bertz CT molecular complexity index is 544. The molecule has 90 valence electrons. The summed E-state index contributed by atoms with van der Waals surface area (Å²) >= 11 is 7.48. The van der Waals surface area contributed by atoms with Crippen molar-refractivity contribution in [1.82, 2.24) is 9.97 Å². The molecule has 0 spiro atoms. The second kappa shape index (κ2) is 4.40. The number of aromatic nitrogens is 2. The number of anilines is 1. The first-order valence-corrected chi connectivity index (χ1v) is 6.78. The average molecular weight is 270 g/mol. The summed E-state index contributed by atoms with van der Waals surface area (Å²) in [6, 6.07) is 2.31. The molecule has 0 radical (unpaired) electrons. The minimum atomic E-state index is 0.206. The summed E-state index contributed by atoms with van der Waals surface area (Å²) in [4.78, 5) is 9.37. The van der Waals surface area contributed by atoms with Crippen molar-refractivity contribution < 1.29 is 4.74 Å². The molecule has 0 saturated carbocycles. The minimum Gasteiger partial charge on any atom is -0.376 e. The molecule has 2 atom stereocenters. The van der Waals surface area contributed by atoms with Crippen molar-refractivity contribution in [3.05, 3.63) is 16.7 Å². The van der Waals surface area contributed by atoms with Crippen LogP contribution in [-0.2, 0) is 4.74 Å². The second-order valence-corrected chi connectivity index (χ2v) is 5.33. The molecule has 0 aromatic carbocycles. The fraction of sp³-hybridized carbons (Fsp3) is 0.455. The second-order valence-electron chi connectivity index (χ2n) is 4.10. The quantitative estimate of drug-likeness (QED) is 0.852. The summed E-state index contributed by atoms with van der Waals surface area (Å²) in [5.41, 5.74) is 0. The lowest BCUT2D eigenvalue weighted by Gasteiger charge is -2.17. The van der Waals surface area contributed by atoms with Crippen LogP contribution in [0.4, 0.5) is 5.82 Å². The van der Waals surface area contributed by atoms with Crippen molar-refractivity contribution in [2.75, 3.05) is 11.9 Å². The summed E-state index contributed by atoms with van der Waals surface area (Å²) in [5.74, 6) is 0.809. The number of rotatable bonds is 2. The molecular weight excluding hydrogens is 258 g/mol. The molecule has 1 N–H and O–H groups in total. The largest absolute Gasteiger partial charge is 0.376 e. The van der Waals surface area contributed by atoms with Gasteiger partial charge in [0, 0.05) is 6.61 Å². The van der Waals surface area contributed by atoms with E-state index in [1.54, 1.807) is 11.3 Å². The van der Waals surface area contributed by atoms with Crippen LogP contribution in [0.1, 0.15) is 13.3 Å². The maximum absolute atomic E-state index is 5.92. The molecule has 1 aliphatic heterocycles. The highest BCUT2D eigenvalue weighted by molar-refractivity contribution is 7.16. The zero-order valence-corrected chi connectivity index (χ0v) is 10.9. The van der Waals surface area contributed by atoms with Gasteiger partial charge in [-0.15, -0.1) is 11.3 Å². The summed E-state index contributed by atoms with van der Waals surface area (Å²) < 4.78 is 5.53. The Morgan fingerprint density at radius 2 is 2.41 bits per heavy atom. The predicted molar refractivity (Wildman–Crippen MR) is 69.9 cm³/mol. The molecule has 0 bridgehead atoms. The first kappa shape index (κ1) is 11.2. The van der Waals surface area contributed by atoms with E-state index in [4.69, 9.17) is 16.3 Å². The summed E-state index contributed by atoms with van der Waals surface area (Å²) in [6.07, 6.45) is 1.20. The maximum Gasteiger partial charge on any atom is 0.225 e. The van der Waals surface area contributed by atoms with E-state index in [2.05, 4.69) is 22.2 Å². The van der Waals surface area contributed by atoms with Gasteiger partial charge < -0.3 is 10.1 Å². The smallest absolute Gasteiger partial charge is 0.225 e. The highest BCUT2D eigenvalue weighted by Gasteiger charge is 2.25. The van der Waals surface area contributed by atoms with Crippen LogP contribution in [0, 0.1) is 0 Å². The predicted octanol–water partition coefficient (Wildman–Crippen LogP) is 2.93. The third-order valence-corrected chi connectivity index (χ3v) is 3.97. The van der Waals surface area contributed by atoms with Crippen molar-refractivity contribution in [3.8, 4) is 0 Å². The number of ether oxygens (including phenoxy) is 1. The summed E-state index contributed by atoms with van der Waals surface area (Å²) in [7, 11) is 0. The number of fused-ring (bicyclic) bond motifs is 1. The lowest BCUT2D eigenvalue weighted by atomic mass is 10.1. The molecule has 3 heterocycles. The van der Waals surface area contributed by atoms with Gasteiger partial charge in [-0.25, -0.2) is 9.97 Å². The van der Waals surface area contributed by atoms with Gasteiger partial charge in [0.05, 0.1) is 17.5 Å². The maximum atomic E-state index is 5.92. The van der Waals surface area contributed by atoms with Gasteiger partial charge >= 0.3 is 0 Å². The highest BCUT2D eigenvalue weighted by Crippen LogP contribution is 2.28. The van der Waals surface area contributed by atoms with E-state index in [1.165, 1.54) is 0 Å². The lowest BCUT2D eigenvalue weighted by molar-refractivity contribution is 0.121. The van der Waals surface area contributed by atoms with Crippen LogP contribution in [0.25, 0.3) is 10.2 Å². The molecule has 1 fully saturated rings. The zero-order chi connectivity index (χ0) is 11.8. The number of hydrogen-bond donors (Lipinski definition) is 1. The average Bonchev–Trinajstić information content (AvgIpc) is 2.88. The van der Waals surface area contributed by atoms with Crippen molar-refractivity contribution in [2.45, 2.75) is 25.5 Å². The van der Waals surface area contributed by atoms with Gasteiger partial charge in [0.15, 0.2) is 0 Å². The Labute approximate surface area is 108 Å². The molecule has 0 aliphatic carbocycles. The van der Waals surface area contributed by atoms with E-state index in [0.29, 0.717) is 6.04 Å². The first-order chi connectivity index (χ1) is 8.24. The van der Waals surface area contributed by atoms with Crippen molar-refractivity contribution in [1.29, 1.82) is 0 Å². The van der Waals surface area contributed by atoms with Crippen molar-refractivity contribution >= 4 is 39.0 Å². The van der Waals surface area contributed by atoms with E-state index >= 15 is 0 Å². The molecule has 3 rings (SSSR count). The van der Waals surface area contributed by atoms with Gasteiger partial charge in [-0.2, -0.15) is 0 Å². The Balaban J connectivity index is 1.96. The molecule has 0 amide bonds. The van der Waals surface area contributed by atoms with E-state index in [0.717, 1.165) is 29.1 Å². The van der Waals surface area contributed by atoms with Gasteiger partial charge in [0.25, 0.3) is 0 Å². The van der Waals surface area contributed by atoms with E-state index in [1.807, 2.05) is 11.4 Å². The van der Waals surface area contributed by atoms with Crippen LogP contribution in [0.2, 0.25) is 5.28 Å². The van der Waals surface area contributed by atoms with Gasteiger partial charge in [0.1, 0.15) is 10.6 Å². The van der Waals surface area contributed by atoms with Crippen LogP contribution < -0.4 is 5.32 Å². The SMILES string of the molecule is CC1OCCC1Nc1nc(Cl)nc2sccc12. The Hall–Kier alpha value is -0.910. The molecule has 1 saturated heterocycles. The summed E-state index contributed by atoms with van der Waals surface area (Å²) in [6.45, 7) is 2.86. The molecule has 2 unspecified atom stereocenters. The normalized spacial score (nSPS) is 24.4. The number of thiophene rings is 1. The van der Waals surface area contributed by atoms with Crippen LogP contribution in [0.5, 0.6) is 0 Å². The molecule has 2 aromatic rings. The van der Waals surface area contributed by atoms with Crippen LogP contribution in [0.3, 0.4) is 0 Å². The number of hydrogen-bond acceptors (Lipinski definition) is 5. The third-order valence-electron chi connectivity index (χ3n) is 3.00. The Kier molecular flexibility index (Phi) is 2.90.